The van der Waals surface area contributed by atoms with E-state index in [9.17, 15) is 8.42 Å². The third-order valence-electron chi connectivity index (χ3n) is 2.68. The Morgan fingerprint density at radius 1 is 1.33 bits per heavy atom. The molecule has 0 aliphatic carbocycles. The van der Waals surface area contributed by atoms with Crippen molar-refractivity contribution in [2.45, 2.75) is 24.2 Å². The fourth-order valence-corrected chi connectivity index (χ4v) is 3.18. The molecule has 1 aromatic heterocycles. The zero-order valence-corrected chi connectivity index (χ0v) is 13.8. The highest BCUT2D eigenvalue weighted by Gasteiger charge is 2.13. The van der Waals surface area contributed by atoms with Gasteiger partial charge < -0.3 is 5.73 Å². The van der Waals surface area contributed by atoms with Crippen LogP contribution in [0.1, 0.15) is 24.8 Å². The molecule has 0 aromatic carbocycles. The van der Waals surface area contributed by atoms with Gasteiger partial charge in [0.25, 0.3) is 0 Å². The van der Waals surface area contributed by atoms with Crippen molar-refractivity contribution < 1.29 is 8.42 Å². The number of aromatic nitrogens is 1. The van der Waals surface area contributed by atoms with Gasteiger partial charge >= 0.3 is 0 Å². The number of hydrogen-bond acceptors (Lipinski definition) is 5. The van der Waals surface area contributed by atoms with Gasteiger partial charge in [0.05, 0.1) is 6.54 Å². The van der Waals surface area contributed by atoms with Crippen molar-refractivity contribution >= 4 is 21.8 Å². The Morgan fingerprint density at radius 3 is 2.86 bits per heavy atom. The Labute approximate surface area is 131 Å². The second kappa shape index (κ2) is 9.79. The van der Waals surface area contributed by atoms with Crippen LogP contribution in [0.3, 0.4) is 0 Å². The van der Waals surface area contributed by atoms with Gasteiger partial charge in [0.15, 0.2) is 0 Å². The van der Waals surface area contributed by atoms with Gasteiger partial charge in [0.1, 0.15) is 4.90 Å². The van der Waals surface area contributed by atoms with E-state index in [0.717, 1.165) is 25.0 Å². The summed E-state index contributed by atoms with van der Waals surface area (Å²) >= 11 is 1.80. The van der Waals surface area contributed by atoms with Crippen molar-refractivity contribution in [3.05, 3.63) is 24.0 Å². The number of unbranched alkanes of at least 4 members (excludes halogenated alkanes) is 2. The van der Waals surface area contributed by atoms with Crippen molar-refractivity contribution in [1.29, 1.82) is 0 Å². The maximum absolute atomic E-state index is 12.1. The molecule has 0 saturated heterocycles. The van der Waals surface area contributed by atoms with Crippen molar-refractivity contribution in [1.82, 2.24) is 9.71 Å². The molecule has 0 unspecified atom stereocenters. The fourth-order valence-electron chi connectivity index (χ4n) is 1.63. The van der Waals surface area contributed by atoms with E-state index in [-0.39, 0.29) is 11.4 Å². The first-order chi connectivity index (χ1) is 10.1. The van der Waals surface area contributed by atoms with Gasteiger partial charge in [-0.3, -0.25) is 4.98 Å². The van der Waals surface area contributed by atoms with E-state index in [2.05, 4.69) is 27.8 Å². The van der Waals surface area contributed by atoms with Gasteiger partial charge in [0.2, 0.25) is 10.0 Å². The van der Waals surface area contributed by atoms with Crippen LogP contribution in [0.25, 0.3) is 0 Å². The Morgan fingerprint density at radius 2 is 2.14 bits per heavy atom. The van der Waals surface area contributed by atoms with Crippen LogP contribution in [-0.4, -0.2) is 38.5 Å². The molecule has 0 saturated carbocycles. The summed E-state index contributed by atoms with van der Waals surface area (Å²) in [6, 6.07) is 1.51. The average Bonchev–Trinajstić information content (AvgIpc) is 2.49. The molecule has 21 heavy (non-hydrogen) atoms. The van der Waals surface area contributed by atoms with E-state index in [1.165, 1.54) is 18.5 Å². The zero-order valence-electron chi connectivity index (χ0n) is 12.1. The Bertz CT molecular complexity index is 592. The minimum atomic E-state index is -3.52. The van der Waals surface area contributed by atoms with Crippen LogP contribution in [0.4, 0.5) is 0 Å². The third kappa shape index (κ3) is 6.96. The predicted molar refractivity (Wildman–Crippen MR) is 87.6 cm³/mol. The molecule has 0 aliphatic heterocycles. The van der Waals surface area contributed by atoms with Crippen LogP contribution < -0.4 is 10.5 Å². The minimum Gasteiger partial charge on any atom is -0.320 e. The molecule has 1 rings (SSSR count). The molecule has 0 bridgehead atoms. The largest absolute Gasteiger partial charge is 0.320 e. The van der Waals surface area contributed by atoms with Crippen molar-refractivity contribution in [2.24, 2.45) is 5.73 Å². The number of nitrogens with one attached hydrogen (secondary N) is 1. The van der Waals surface area contributed by atoms with Crippen LogP contribution >= 0.6 is 11.8 Å². The van der Waals surface area contributed by atoms with Crippen LogP contribution in [0, 0.1) is 11.8 Å². The van der Waals surface area contributed by atoms with Crippen LogP contribution in [0.2, 0.25) is 0 Å². The lowest BCUT2D eigenvalue weighted by Gasteiger charge is -2.06. The van der Waals surface area contributed by atoms with Gasteiger partial charge in [-0.05, 0) is 30.9 Å². The number of sulfonamides is 1. The highest BCUT2D eigenvalue weighted by Crippen LogP contribution is 2.09. The smallest absolute Gasteiger partial charge is 0.242 e. The lowest BCUT2D eigenvalue weighted by Crippen LogP contribution is -2.25. The maximum atomic E-state index is 12.1. The number of pyridine rings is 1. The standard InChI is InChI=1S/C14H21N3O2S2/c1-20-9-4-2-3-8-17-21(18,19)14-10-13(6-5-7-15)11-16-12-14/h10-12,17H,2-4,7-9,15H2,1H3. The molecule has 0 spiro atoms. The Balaban J connectivity index is 2.57. The number of nitrogens with zero attached hydrogens (tertiary/aromatic N) is 1. The van der Waals surface area contributed by atoms with E-state index in [0.29, 0.717) is 12.1 Å². The lowest BCUT2D eigenvalue weighted by molar-refractivity contribution is 0.576. The van der Waals surface area contributed by atoms with E-state index < -0.39 is 10.0 Å². The minimum absolute atomic E-state index is 0.135. The number of thioether (sulfide) groups is 1. The highest BCUT2D eigenvalue weighted by atomic mass is 32.2. The first-order valence-corrected chi connectivity index (χ1v) is 9.60. The fraction of sp³-hybridized carbons (Fsp3) is 0.500. The summed E-state index contributed by atoms with van der Waals surface area (Å²) < 4.78 is 26.8. The predicted octanol–water partition coefficient (Wildman–Crippen LogP) is 1.20. The number of nitrogens with two attached hydrogens (primary N) is 1. The Hall–Kier alpha value is -1.07. The van der Waals surface area contributed by atoms with E-state index in [1.54, 1.807) is 11.8 Å². The first kappa shape index (κ1) is 18.0. The normalized spacial score (nSPS) is 11.0. The quantitative estimate of drug-likeness (QED) is 0.554. The van der Waals surface area contributed by atoms with Gasteiger partial charge in [0, 0.05) is 24.5 Å². The van der Waals surface area contributed by atoms with Gasteiger partial charge in [-0.2, -0.15) is 11.8 Å². The summed E-state index contributed by atoms with van der Waals surface area (Å²) in [6.45, 7) is 0.667. The van der Waals surface area contributed by atoms with Crippen molar-refractivity contribution in [3.63, 3.8) is 0 Å². The van der Waals surface area contributed by atoms with Gasteiger partial charge in [-0.15, -0.1) is 0 Å². The van der Waals surface area contributed by atoms with Gasteiger partial charge in [-0.1, -0.05) is 18.3 Å². The number of rotatable bonds is 8. The third-order valence-corrected chi connectivity index (χ3v) is 4.80. The molecule has 1 heterocycles. The molecule has 0 aliphatic rings. The second-order valence-electron chi connectivity index (χ2n) is 4.37. The second-order valence-corrected chi connectivity index (χ2v) is 7.12. The average molecular weight is 327 g/mol. The summed E-state index contributed by atoms with van der Waals surface area (Å²) in [6.07, 6.45) is 7.86. The van der Waals surface area contributed by atoms with E-state index in [4.69, 9.17) is 5.73 Å². The molecule has 0 fully saturated rings. The summed E-state index contributed by atoms with van der Waals surface area (Å²) in [4.78, 5) is 4.04. The Kier molecular flexibility index (Phi) is 8.38. The van der Waals surface area contributed by atoms with Crippen molar-refractivity contribution in [3.8, 4) is 11.8 Å². The molecule has 0 radical (unpaired) electrons. The van der Waals surface area contributed by atoms with Crippen LogP contribution in [0.5, 0.6) is 0 Å². The van der Waals surface area contributed by atoms with Crippen LogP contribution in [-0.2, 0) is 10.0 Å². The van der Waals surface area contributed by atoms with E-state index >= 15 is 0 Å². The highest BCUT2D eigenvalue weighted by molar-refractivity contribution is 7.98. The summed E-state index contributed by atoms with van der Waals surface area (Å²) in [5.41, 5.74) is 5.83. The first-order valence-electron chi connectivity index (χ1n) is 6.72. The molecule has 5 nitrogen and oxygen atoms in total. The summed E-state index contributed by atoms with van der Waals surface area (Å²) in [5, 5.41) is 0. The molecule has 0 amide bonds. The SMILES string of the molecule is CSCCCCCNS(=O)(=O)c1cncc(C#CCN)c1. The molecule has 1 aromatic rings. The van der Waals surface area contributed by atoms with Gasteiger partial charge in [-0.25, -0.2) is 13.1 Å². The summed E-state index contributed by atoms with van der Waals surface area (Å²) in [7, 11) is -3.52. The number of hydrogen-bond donors (Lipinski definition) is 2. The molecule has 3 N–H and O–H groups in total. The zero-order chi connectivity index (χ0) is 15.6. The van der Waals surface area contributed by atoms with Crippen LogP contribution in [0.15, 0.2) is 23.4 Å². The monoisotopic (exact) mass is 327 g/mol. The topological polar surface area (TPSA) is 85.1 Å². The van der Waals surface area contributed by atoms with E-state index in [1.807, 2.05) is 0 Å². The lowest BCUT2D eigenvalue weighted by atomic mass is 10.2. The molecule has 7 heteroatoms. The molecule has 0 atom stereocenters. The molecular weight excluding hydrogens is 306 g/mol. The molecular formula is C14H21N3O2S2. The maximum Gasteiger partial charge on any atom is 0.242 e. The van der Waals surface area contributed by atoms with Crippen molar-refractivity contribution in [2.75, 3.05) is 25.1 Å². The summed E-state index contributed by atoms with van der Waals surface area (Å²) in [5.74, 6) is 6.56. The molecule has 116 valence electrons.